The number of hydrogen-bond donors (Lipinski definition) is 2. The summed E-state index contributed by atoms with van der Waals surface area (Å²) in [6, 6.07) is 0.595. The summed E-state index contributed by atoms with van der Waals surface area (Å²) in [6.07, 6.45) is 5.52. The summed E-state index contributed by atoms with van der Waals surface area (Å²) >= 11 is 0. The molecule has 2 aliphatic rings. The lowest BCUT2D eigenvalue weighted by Gasteiger charge is -2.47. The van der Waals surface area contributed by atoms with Crippen molar-refractivity contribution < 1.29 is 9.90 Å². The highest BCUT2D eigenvalue weighted by Gasteiger charge is 2.48. The van der Waals surface area contributed by atoms with Gasteiger partial charge in [-0.2, -0.15) is 0 Å². The monoisotopic (exact) mass is 324 g/mol. The average Bonchev–Trinajstić information content (AvgIpc) is 2.93. The SMILES string of the molecule is CC1(C)CCC(N(C(=O)C(C)(C)C(C)(C)O)[C@H]2CCNC2)CC1. The fraction of sp³-hybridized carbons (Fsp3) is 0.947. The maximum atomic E-state index is 13.4. The van der Waals surface area contributed by atoms with E-state index in [0.717, 1.165) is 32.4 Å². The maximum absolute atomic E-state index is 13.4. The van der Waals surface area contributed by atoms with Gasteiger partial charge in [0.25, 0.3) is 0 Å². The third kappa shape index (κ3) is 3.90. The molecule has 2 fully saturated rings. The van der Waals surface area contributed by atoms with E-state index in [2.05, 4.69) is 24.1 Å². The van der Waals surface area contributed by atoms with Gasteiger partial charge in [0, 0.05) is 18.6 Å². The molecule has 0 bridgehead atoms. The van der Waals surface area contributed by atoms with Gasteiger partial charge in [0.05, 0.1) is 11.0 Å². The fourth-order valence-electron chi connectivity index (χ4n) is 3.75. The van der Waals surface area contributed by atoms with Crippen molar-refractivity contribution in [1.82, 2.24) is 10.2 Å². The van der Waals surface area contributed by atoms with E-state index in [1.54, 1.807) is 13.8 Å². The Labute approximate surface area is 142 Å². The zero-order valence-electron chi connectivity index (χ0n) is 15.9. The molecule has 1 saturated carbocycles. The van der Waals surface area contributed by atoms with Crippen molar-refractivity contribution in [3.8, 4) is 0 Å². The molecule has 4 heteroatoms. The van der Waals surface area contributed by atoms with Crippen molar-refractivity contribution in [3.63, 3.8) is 0 Å². The largest absolute Gasteiger partial charge is 0.389 e. The first-order valence-electron chi connectivity index (χ1n) is 9.21. The second-order valence-corrected chi connectivity index (χ2v) is 9.44. The van der Waals surface area contributed by atoms with Crippen LogP contribution in [0.5, 0.6) is 0 Å². The van der Waals surface area contributed by atoms with Gasteiger partial charge in [0.15, 0.2) is 0 Å². The molecule has 0 unspecified atom stereocenters. The molecular weight excluding hydrogens is 288 g/mol. The predicted molar refractivity (Wildman–Crippen MR) is 94.2 cm³/mol. The summed E-state index contributed by atoms with van der Waals surface area (Å²) in [5, 5.41) is 13.9. The van der Waals surface area contributed by atoms with Crippen molar-refractivity contribution in [2.45, 2.75) is 91.3 Å². The van der Waals surface area contributed by atoms with Gasteiger partial charge in [-0.1, -0.05) is 13.8 Å². The van der Waals surface area contributed by atoms with Gasteiger partial charge in [0.2, 0.25) is 5.91 Å². The van der Waals surface area contributed by atoms with Crippen LogP contribution in [0.15, 0.2) is 0 Å². The smallest absolute Gasteiger partial charge is 0.231 e. The number of nitrogens with one attached hydrogen (secondary N) is 1. The summed E-state index contributed by atoms with van der Waals surface area (Å²) in [6.45, 7) is 13.8. The molecular formula is C19H36N2O2. The molecule has 0 spiro atoms. The molecule has 0 aromatic heterocycles. The number of aliphatic hydroxyl groups is 1. The lowest BCUT2D eigenvalue weighted by Crippen LogP contribution is -2.58. The Morgan fingerprint density at radius 2 is 1.65 bits per heavy atom. The van der Waals surface area contributed by atoms with Gasteiger partial charge in [-0.3, -0.25) is 4.79 Å². The van der Waals surface area contributed by atoms with Crippen molar-refractivity contribution in [1.29, 1.82) is 0 Å². The van der Waals surface area contributed by atoms with Crippen molar-refractivity contribution in [2.24, 2.45) is 10.8 Å². The van der Waals surface area contributed by atoms with Crippen LogP contribution >= 0.6 is 0 Å². The van der Waals surface area contributed by atoms with Crippen LogP contribution < -0.4 is 5.32 Å². The molecule has 1 aliphatic carbocycles. The van der Waals surface area contributed by atoms with Gasteiger partial charge < -0.3 is 15.3 Å². The van der Waals surface area contributed by atoms with Gasteiger partial charge in [-0.25, -0.2) is 0 Å². The molecule has 0 aromatic rings. The van der Waals surface area contributed by atoms with Crippen LogP contribution in [0.3, 0.4) is 0 Å². The molecule has 2 N–H and O–H groups in total. The van der Waals surface area contributed by atoms with E-state index >= 15 is 0 Å². The summed E-state index contributed by atoms with van der Waals surface area (Å²) in [5.41, 5.74) is -1.41. The van der Waals surface area contributed by atoms with E-state index in [1.807, 2.05) is 13.8 Å². The van der Waals surface area contributed by atoms with Crippen LogP contribution in [0, 0.1) is 10.8 Å². The molecule has 4 nitrogen and oxygen atoms in total. The predicted octanol–water partition coefficient (Wildman–Crippen LogP) is 2.94. The lowest BCUT2D eigenvalue weighted by atomic mass is 9.72. The average molecular weight is 325 g/mol. The van der Waals surface area contributed by atoms with Gasteiger partial charge >= 0.3 is 0 Å². The fourth-order valence-corrected chi connectivity index (χ4v) is 3.75. The number of rotatable bonds is 4. The van der Waals surface area contributed by atoms with E-state index in [1.165, 1.54) is 12.8 Å². The Kier molecular flexibility index (Phi) is 5.18. The molecule has 1 atom stereocenters. The molecule has 23 heavy (non-hydrogen) atoms. The topological polar surface area (TPSA) is 52.6 Å². The number of hydrogen-bond acceptors (Lipinski definition) is 3. The Morgan fingerprint density at radius 3 is 2.09 bits per heavy atom. The van der Waals surface area contributed by atoms with Gasteiger partial charge in [0.1, 0.15) is 0 Å². The molecule has 0 radical (unpaired) electrons. The first-order chi connectivity index (χ1) is 10.5. The molecule has 1 aliphatic heterocycles. The molecule has 0 aromatic carbocycles. The van der Waals surface area contributed by atoms with Crippen LogP contribution in [0.25, 0.3) is 0 Å². The molecule has 1 saturated heterocycles. The van der Waals surface area contributed by atoms with Crippen LogP contribution in [0.4, 0.5) is 0 Å². The Morgan fingerprint density at radius 1 is 1.09 bits per heavy atom. The van der Waals surface area contributed by atoms with Crippen LogP contribution in [-0.2, 0) is 4.79 Å². The summed E-state index contributed by atoms with van der Waals surface area (Å²) in [5.74, 6) is 0.114. The highest BCUT2D eigenvalue weighted by atomic mass is 16.3. The van der Waals surface area contributed by atoms with Crippen LogP contribution in [-0.4, -0.2) is 46.7 Å². The van der Waals surface area contributed by atoms with Crippen LogP contribution in [0.1, 0.15) is 73.6 Å². The Balaban J connectivity index is 2.23. The van der Waals surface area contributed by atoms with E-state index in [-0.39, 0.29) is 11.9 Å². The number of carbonyl (C=O) groups is 1. The van der Waals surface area contributed by atoms with E-state index in [4.69, 9.17) is 0 Å². The molecule has 134 valence electrons. The van der Waals surface area contributed by atoms with E-state index < -0.39 is 11.0 Å². The third-order valence-corrected chi connectivity index (χ3v) is 6.43. The van der Waals surface area contributed by atoms with Crippen molar-refractivity contribution in [2.75, 3.05) is 13.1 Å². The van der Waals surface area contributed by atoms with Gasteiger partial charge in [-0.15, -0.1) is 0 Å². The summed E-state index contributed by atoms with van der Waals surface area (Å²) in [7, 11) is 0. The highest BCUT2D eigenvalue weighted by Crippen LogP contribution is 2.40. The molecule has 1 amide bonds. The lowest BCUT2D eigenvalue weighted by molar-refractivity contribution is -0.160. The number of carbonyl (C=O) groups excluding carboxylic acids is 1. The Bertz CT molecular complexity index is 421. The standard InChI is InChI=1S/C19H36N2O2/c1-17(2)10-7-14(8-11-17)21(15-9-12-20-13-15)16(22)18(3,4)19(5,6)23/h14-15,20,23H,7-13H2,1-6H3/t15-/m0/s1. The minimum Gasteiger partial charge on any atom is -0.389 e. The normalized spacial score (nSPS) is 26.3. The number of amides is 1. The quantitative estimate of drug-likeness (QED) is 0.836. The van der Waals surface area contributed by atoms with Crippen LogP contribution in [0.2, 0.25) is 0 Å². The summed E-state index contributed by atoms with van der Waals surface area (Å²) in [4.78, 5) is 15.5. The summed E-state index contributed by atoms with van der Waals surface area (Å²) < 4.78 is 0. The first-order valence-corrected chi connectivity index (χ1v) is 9.21. The Hall–Kier alpha value is -0.610. The van der Waals surface area contributed by atoms with E-state index in [0.29, 0.717) is 11.5 Å². The molecule has 1 heterocycles. The second-order valence-electron chi connectivity index (χ2n) is 9.44. The zero-order chi connectivity index (χ0) is 17.5. The van der Waals surface area contributed by atoms with Gasteiger partial charge in [-0.05, 0) is 71.8 Å². The minimum atomic E-state index is -1.03. The third-order valence-electron chi connectivity index (χ3n) is 6.43. The molecule has 2 rings (SSSR count). The number of nitrogens with zero attached hydrogens (tertiary/aromatic N) is 1. The van der Waals surface area contributed by atoms with E-state index in [9.17, 15) is 9.90 Å². The minimum absolute atomic E-state index is 0.114. The maximum Gasteiger partial charge on any atom is 0.231 e. The van der Waals surface area contributed by atoms with Crippen molar-refractivity contribution in [3.05, 3.63) is 0 Å². The van der Waals surface area contributed by atoms with Crippen molar-refractivity contribution >= 4 is 5.91 Å². The zero-order valence-corrected chi connectivity index (χ0v) is 15.9. The first kappa shape index (κ1) is 18.7. The highest BCUT2D eigenvalue weighted by molar-refractivity contribution is 5.84. The second kappa shape index (κ2) is 6.36.